The van der Waals surface area contributed by atoms with E-state index >= 15 is 0 Å². The highest BCUT2D eigenvalue weighted by molar-refractivity contribution is 7.91. The van der Waals surface area contributed by atoms with E-state index in [1.807, 2.05) is 18.7 Å². The Bertz CT molecular complexity index is 676. The van der Waals surface area contributed by atoms with Gasteiger partial charge in [0, 0.05) is 30.3 Å². The summed E-state index contributed by atoms with van der Waals surface area (Å²) in [6.07, 6.45) is 5.40. The highest BCUT2D eigenvalue weighted by Gasteiger charge is 2.45. The van der Waals surface area contributed by atoms with E-state index in [-0.39, 0.29) is 23.2 Å². The maximum absolute atomic E-state index is 12.7. The van der Waals surface area contributed by atoms with Crippen molar-refractivity contribution < 1.29 is 17.7 Å². The van der Waals surface area contributed by atoms with Crippen LogP contribution >= 0.6 is 0 Å². The SMILES string of the molecule is Cc1noc(C)c1CCC(=O)N1[C@H]2CC[C@H]1CC(S(C)(=O)=O)C2. The van der Waals surface area contributed by atoms with Crippen molar-refractivity contribution >= 4 is 15.7 Å². The number of aromatic nitrogens is 1. The molecule has 2 bridgehead atoms. The highest BCUT2D eigenvalue weighted by Crippen LogP contribution is 2.38. The van der Waals surface area contributed by atoms with Gasteiger partial charge in [0.05, 0.1) is 10.9 Å². The lowest BCUT2D eigenvalue weighted by atomic mass is 10.0. The van der Waals surface area contributed by atoms with Gasteiger partial charge < -0.3 is 9.42 Å². The number of carbonyl (C=O) groups is 1. The summed E-state index contributed by atoms with van der Waals surface area (Å²) >= 11 is 0. The fourth-order valence-electron chi connectivity index (χ4n) is 4.10. The minimum absolute atomic E-state index is 0.0886. The van der Waals surface area contributed by atoms with E-state index in [0.29, 0.717) is 25.7 Å². The summed E-state index contributed by atoms with van der Waals surface area (Å²) in [6, 6.07) is 0.177. The van der Waals surface area contributed by atoms with E-state index < -0.39 is 9.84 Å². The normalized spacial score (nSPS) is 27.4. The van der Waals surface area contributed by atoms with Gasteiger partial charge in [0.1, 0.15) is 15.6 Å². The van der Waals surface area contributed by atoms with Crippen LogP contribution in [-0.2, 0) is 21.1 Å². The molecule has 0 spiro atoms. The summed E-state index contributed by atoms with van der Waals surface area (Å²) in [7, 11) is -3.02. The Morgan fingerprint density at radius 2 is 1.87 bits per heavy atom. The molecule has 23 heavy (non-hydrogen) atoms. The number of piperidine rings is 1. The summed E-state index contributed by atoms with van der Waals surface area (Å²) in [5, 5.41) is 3.63. The fraction of sp³-hybridized carbons (Fsp3) is 0.750. The summed E-state index contributed by atoms with van der Waals surface area (Å²) < 4.78 is 28.8. The molecule has 128 valence electrons. The van der Waals surface area contributed by atoms with E-state index in [0.717, 1.165) is 29.9 Å². The second-order valence-electron chi connectivity index (χ2n) is 6.91. The van der Waals surface area contributed by atoms with E-state index in [9.17, 15) is 13.2 Å². The molecule has 0 radical (unpaired) electrons. The number of fused-ring (bicyclic) bond motifs is 2. The molecule has 0 aromatic carbocycles. The first-order valence-electron chi connectivity index (χ1n) is 8.19. The standard InChI is InChI=1S/C16H24N2O4S/c1-10-15(11(2)22-17-10)6-7-16(19)18-12-4-5-13(18)9-14(8-12)23(3,20)21/h12-14H,4-9H2,1-3H3/t12-,13-/m0/s1. The molecule has 3 heterocycles. The first kappa shape index (κ1) is 16.5. The Kier molecular flexibility index (Phi) is 4.25. The third-order valence-corrected chi connectivity index (χ3v) is 6.95. The minimum Gasteiger partial charge on any atom is -0.361 e. The first-order chi connectivity index (χ1) is 10.8. The van der Waals surface area contributed by atoms with Gasteiger partial charge in [-0.2, -0.15) is 0 Å². The second-order valence-corrected chi connectivity index (χ2v) is 9.24. The van der Waals surface area contributed by atoms with E-state index in [2.05, 4.69) is 5.16 Å². The van der Waals surface area contributed by atoms with E-state index in [1.165, 1.54) is 6.26 Å². The molecule has 2 aliphatic heterocycles. The van der Waals surface area contributed by atoms with Crippen LogP contribution < -0.4 is 0 Å². The predicted molar refractivity (Wildman–Crippen MR) is 85.8 cm³/mol. The van der Waals surface area contributed by atoms with Crippen molar-refractivity contribution in [2.24, 2.45) is 0 Å². The smallest absolute Gasteiger partial charge is 0.223 e. The topological polar surface area (TPSA) is 80.5 Å². The Balaban J connectivity index is 1.65. The highest BCUT2D eigenvalue weighted by atomic mass is 32.2. The maximum atomic E-state index is 12.7. The number of nitrogens with zero attached hydrogens (tertiary/aromatic N) is 2. The third-order valence-electron chi connectivity index (χ3n) is 5.35. The number of hydrogen-bond donors (Lipinski definition) is 0. The predicted octanol–water partition coefficient (Wildman–Crippen LogP) is 1.79. The largest absolute Gasteiger partial charge is 0.361 e. The van der Waals surface area contributed by atoms with Crippen molar-refractivity contribution in [1.29, 1.82) is 0 Å². The molecule has 1 aromatic heterocycles. The Labute approximate surface area is 137 Å². The van der Waals surface area contributed by atoms with Crippen molar-refractivity contribution in [2.75, 3.05) is 6.26 Å². The number of sulfone groups is 1. The van der Waals surface area contributed by atoms with Gasteiger partial charge in [-0.25, -0.2) is 8.42 Å². The van der Waals surface area contributed by atoms with Gasteiger partial charge in [0.25, 0.3) is 0 Å². The van der Waals surface area contributed by atoms with Crippen LogP contribution in [0.1, 0.15) is 49.1 Å². The van der Waals surface area contributed by atoms with Gasteiger partial charge in [-0.1, -0.05) is 5.16 Å². The van der Waals surface area contributed by atoms with Crippen LogP contribution in [0.25, 0.3) is 0 Å². The summed E-state index contributed by atoms with van der Waals surface area (Å²) in [5.41, 5.74) is 1.85. The molecule has 2 saturated heterocycles. The van der Waals surface area contributed by atoms with Gasteiger partial charge in [0.2, 0.25) is 5.91 Å². The molecule has 0 N–H and O–H groups in total. The van der Waals surface area contributed by atoms with Crippen LogP contribution in [0.5, 0.6) is 0 Å². The zero-order chi connectivity index (χ0) is 16.8. The molecule has 2 atom stereocenters. The van der Waals surface area contributed by atoms with Crippen molar-refractivity contribution in [3.05, 3.63) is 17.0 Å². The van der Waals surface area contributed by atoms with Gasteiger partial charge in [0.15, 0.2) is 0 Å². The number of amides is 1. The Morgan fingerprint density at radius 3 is 2.35 bits per heavy atom. The van der Waals surface area contributed by atoms with Crippen LogP contribution in [0, 0.1) is 13.8 Å². The monoisotopic (exact) mass is 340 g/mol. The molecule has 3 rings (SSSR count). The minimum atomic E-state index is -3.02. The van der Waals surface area contributed by atoms with Crippen molar-refractivity contribution in [2.45, 2.75) is 69.7 Å². The van der Waals surface area contributed by atoms with Gasteiger partial charge in [-0.15, -0.1) is 0 Å². The second kappa shape index (κ2) is 5.92. The molecule has 0 unspecified atom stereocenters. The number of hydrogen-bond acceptors (Lipinski definition) is 5. The molecule has 0 aliphatic carbocycles. The third kappa shape index (κ3) is 3.16. The lowest BCUT2D eigenvalue weighted by Gasteiger charge is -2.38. The molecule has 0 saturated carbocycles. The summed E-state index contributed by atoms with van der Waals surface area (Å²) in [6.45, 7) is 3.75. The van der Waals surface area contributed by atoms with Crippen molar-refractivity contribution in [3.63, 3.8) is 0 Å². The number of carbonyl (C=O) groups excluding carboxylic acids is 1. The fourth-order valence-corrected chi connectivity index (χ4v) is 5.25. The molecule has 6 nitrogen and oxygen atoms in total. The zero-order valence-corrected chi connectivity index (χ0v) is 14.7. The van der Waals surface area contributed by atoms with Crippen LogP contribution in [-0.4, -0.2) is 48.0 Å². The van der Waals surface area contributed by atoms with Crippen LogP contribution in [0.3, 0.4) is 0 Å². The molecular formula is C16H24N2O4S. The van der Waals surface area contributed by atoms with E-state index in [4.69, 9.17) is 4.52 Å². The molecule has 2 fully saturated rings. The van der Waals surface area contributed by atoms with Crippen molar-refractivity contribution in [1.82, 2.24) is 10.1 Å². The van der Waals surface area contributed by atoms with Gasteiger partial charge in [-0.05, 0) is 46.0 Å². The van der Waals surface area contributed by atoms with Gasteiger partial charge in [-0.3, -0.25) is 4.79 Å². The molecule has 1 amide bonds. The molecular weight excluding hydrogens is 316 g/mol. The maximum Gasteiger partial charge on any atom is 0.223 e. The van der Waals surface area contributed by atoms with Gasteiger partial charge >= 0.3 is 0 Å². The Hall–Kier alpha value is -1.37. The van der Waals surface area contributed by atoms with Crippen molar-refractivity contribution in [3.8, 4) is 0 Å². The number of rotatable bonds is 4. The summed E-state index contributed by atoms with van der Waals surface area (Å²) in [5.74, 6) is 0.901. The van der Waals surface area contributed by atoms with Crippen LogP contribution in [0.15, 0.2) is 4.52 Å². The van der Waals surface area contributed by atoms with Crippen LogP contribution in [0.4, 0.5) is 0 Å². The lowest BCUT2D eigenvalue weighted by Crippen LogP contribution is -2.49. The molecule has 2 aliphatic rings. The Morgan fingerprint density at radius 1 is 1.26 bits per heavy atom. The van der Waals surface area contributed by atoms with Crippen LogP contribution in [0.2, 0.25) is 0 Å². The van der Waals surface area contributed by atoms with E-state index in [1.54, 1.807) is 0 Å². The average Bonchev–Trinajstić information content (AvgIpc) is 2.92. The first-order valence-corrected chi connectivity index (χ1v) is 10.1. The average molecular weight is 340 g/mol. The lowest BCUT2D eigenvalue weighted by molar-refractivity contribution is -0.135. The summed E-state index contributed by atoms with van der Waals surface area (Å²) in [4.78, 5) is 14.6. The molecule has 7 heteroatoms. The quantitative estimate of drug-likeness (QED) is 0.835. The zero-order valence-electron chi connectivity index (χ0n) is 13.9. The number of aryl methyl sites for hydroxylation is 2. The molecule has 1 aromatic rings.